The summed E-state index contributed by atoms with van der Waals surface area (Å²) in [5, 5.41) is 14.5. The summed E-state index contributed by atoms with van der Waals surface area (Å²) in [6.45, 7) is 5.39. The Morgan fingerprint density at radius 3 is 2.40 bits per heavy atom. The van der Waals surface area contributed by atoms with E-state index in [9.17, 15) is 14.7 Å². The summed E-state index contributed by atoms with van der Waals surface area (Å²) in [5.41, 5.74) is 0.369. The highest BCUT2D eigenvalue weighted by Crippen LogP contribution is 2.23. The maximum atomic E-state index is 12.0. The Bertz CT molecular complexity index is 513. The van der Waals surface area contributed by atoms with E-state index >= 15 is 0 Å². The molecule has 0 heterocycles. The number of carboxylic acids is 1. The molecular formula is C14H19BrN2O3. The van der Waals surface area contributed by atoms with Gasteiger partial charge in [0.05, 0.1) is 5.69 Å². The molecule has 110 valence electrons. The first kappa shape index (κ1) is 16.5. The monoisotopic (exact) mass is 342 g/mol. The maximum absolute atomic E-state index is 12.0. The van der Waals surface area contributed by atoms with Gasteiger partial charge in [-0.25, -0.2) is 9.59 Å². The van der Waals surface area contributed by atoms with Crippen LogP contribution in [0.25, 0.3) is 0 Å². The number of halogens is 1. The van der Waals surface area contributed by atoms with Gasteiger partial charge in [0.25, 0.3) is 0 Å². The highest BCUT2D eigenvalue weighted by molar-refractivity contribution is 9.10. The quantitative estimate of drug-likeness (QED) is 0.765. The van der Waals surface area contributed by atoms with Crippen LogP contribution in [0.3, 0.4) is 0 Å². The molecule has 0 aliphatic carbocycles. The Morgan fingerprint density at radius 2 is 1.90 bits per heavy atom. The number of aliphatic carboxylic acids is 1. The molecule has 2 amide bonds. The van der Waals surface area contributed by atoms with Crippen molar-refractivity contribution in [2.75, 3.05) is 5.32 Å². The molecule has 20 heavy (non-hydrogen) atoms. The SMILES string of the molecule is CCC(CC)(NC(=O)Nc1cc(C)ccc1Br)C(=O)O. The van der Waals surface area contributed by atoms with Gasteiger partial charge in [0.1, 0.15) is 5.54 Å². The molecule has 0 aliphatic heterocycles. The number of anilines is 1. The third-order valence-corrected chi connectivity index (χ3v) is 4.03. The van der Waals surface area contributed by atoms with Crippen molar-refractivity contribution in [1.82, 2.24) is 5.32 Å². The first-order valence-corrected chi connectivity index (χ1v) is 7.22. The maximum Gasteiger partial charge on any atom is 0.329 e. The zero-order chi connectivity index (χ0) is 15.3. The number of urea groups is 1. The van der Waals surface area contributed by atoms with Crippen molar-refractivity contribution < 1.29 is 14.7 Å². The molecule has 3 N–H and O–H groups in total. The molecule has 6 heteroatoms. The van der Waals surface area contributed by atoms with Crippen molar-refractivity contribution in [3.63, 3.8) is 0 Å². The number of amides is 2. The number of carboxylic acid groups (broad SMARTS) is 1. The van der Waals surface area contributed by atoms with Gasteiger partial charge in [0, 0.05) is 4.47 Å². The molecule has 0 aromatic heterocycles. The number of benzene rings is 1. The predicted molar refractivity (Wildman–Crippen MR) is 82.0 cm³/mol. The minimum absolute atomic E-state index is 0.321. The Kier molecular flexibility index (Phi) is 5.56. The van der Waals surface area contributed by atoms with Crippen LogP contribution < -0.4 is 10.6 Å². The van der Waals surface area contributed by atoms with Crippen molar-refractivity contribution in [1.29, 1.82) is 0 Å². The van der Waals surface area contributed by atoms with E-state index in [1.165, 1.54) is 0 Å². The molecule has 0 bridgehead atoms. The molecule has 1 aromatic carbocycles. The third-order valence-electron chi connectivity index (χ3n) is 3.34. The van der Waals surface area contributed by atoms with Crippen LogP contribution in [0.15, 0.2) is 22.7 Å². The van der Waals surface area contributed by atoms with E-state index in [2.05, 4.69) is 26.6 Å². The Hall–Kier alpha value is -1.56. The Morgan fingerprint density at radius 1 is 1.30 bits per heavy atom. The van der Waals surface area contributed by atoms with Crippen molar-refractivity contribution in [2.45, 2.75) is 39.2 Å². The zero-order valence-electron chi connectivity index (χ0n) is 11.8. The molecule has 0 atom stereocenters. The molecule has 1 rings (SSSR count). The Labute approximate surface area is 126 Å². The molecule has 5 nitrogen and oxygen atoms in total. The topological polar surface area (TPSA) is 78.4 Å². The number of carbonyl (C=O) groups excluding carboxylic acids is 1. The number of aryl methyl sites for hydroxylation is 1. The lowest BCUT2D eigenvalue weighted by Gasteiger charge is -2.28. The summed E-state index contributed by atoms with van der Waals surface area (Å²) in [5.74, 6) is -1.03. The highest BCUT2D eigenvalue weighted by Gasteiger charge is 2.36. The van der Waals surface area contributed by atoms with Crippen LogP contribution >= 0.6 is 15.9 Å². The van der Waals surface area contributed by atoms with Crippen molar-refractivity contribution in [3.8, 4) is 0 Å². The molecule has 0 saturated carbocycles. The fraction of sp³-hybridized carbons (Fsp3) is 0.429. The molecule has 0 fully saturated rings. The highest BCUT2D eigenvalue weighted by atomic mass is 79.9. The van der Waals surface area contributed by atoms with Gasteiger partial charge in [-0.05, 0) is 53.4 Å². The first-order valence-electron chi connectivity index (χ1n) is 6.43. The second-order valence-corrected chi connectivity index (χ2v) is 5.51. The van der Waals surface area contributed by atoms with Gasteiger partial charge in [-0.2, -0.15) is 0 Å². The van der Waals surface area contributed by atoms with Crippen LogP contribution in [0.5, 0.6) is 0 Å². The van der Waals surface area contributed by atoms with E-state index in [4.69, 9.17) is 0 Å². The van der Waals surface area contributed by atoms with E-state index in [0.717, 1.165) is 10.0 Å². The first-order chi connectivity index (χ1) is 9.34. The summed E-state index contributed by atoms with van der Waals surface area (Å²) in [7, 11) is 0. The van der Waals surface area contributed by atoms with Gasteiger partial charge in [0.2, 0.25) is 0 Å². The van der Waals surface area contributed by atoms with Crippen LogP contribution in [0.4, 0.5) is 10.5 Å². The lowest BCUT2D eigenvalue weighted by atomic mass is 9.93. The summed E-state index contributed by atoms with van der Waals surface area (Å²) >= 11 is 3.34. The molecule has 1 aromatic rings. The number of hydrogen-bond acceptors (Lipinski definition) is 2. The average molecular weight is 343 g/mol. The fourth-order valence-corrected chi connectivity index (χ4v) is 2.23. The van der Waals surface area contributed by atoms with Crippen LogP contribution in [-0.2, 0) is 4.79 Å². The van der Waals surface area contributed by atoms with Crippen LogP contribution in [0.1, 0.15) is 32.3 Å². The zero-order valence-corrected chi connectivity index (χ0v) is 13.4. The van der Waals surface area contributed by atoms with Gasteiger partial charge in [0.15, 0.2) is 0 Å². The number of nitrogens with one attached hydrogen (secondary N) is 2. The lowest BCUT2D eigenvalue weighted by molar-refractivity contribution is -0.144. The number of rotatable bonds is 5. The van der Waals surface area contributed by atoms with E-state index in [1.54, 1.807) is 13.8 Å². The summed E-state index contributed by atoms with van der Waals surface area (Å²) in [6.07, 6.45) is 0.641. The van der Waals surface area contributed by atoms with Gasteiger partial charge in [-0.3, -0.25) is 0 Å². The minimum atomic E-state index is -1.24. The van der Waals surface area contributed by atoms with Gasteiger partial charge in [-0.15, -0.1) is 0 Å². The third kappa shape index (κ3) is 3.72. The molecule has 0 radical (unpaired) electrons. The van der Waals surface area contributed by atoms with Crippen molar-refractivity contribution >= 4 is 33.6 Å². The minimum Gasteiger partial charge on any atom is -0.480 e. The standard InChI is InChI=1S/C14H19BrN2O3/c1-4-14(5-2,12(18)19)17-13(20)16-11-8-9(3)6-7-10(11)15/h6-8H,4-5H2,1-3H3,(H,18,19)(H2,16,17,20). The van der Waals surface area contributed by atoms with E-state index in [0.29, 0.717) is 18.5 Å². The second kappa shape index (κ2) is 6.74. The van der Waals surface area contributed by atoms with E-state index in [1.807, 2.05) is 25.1 Å². The summed E-state index contributed by atoms with van der Waals surface area (Å²) in [6, 6.07) is 5.02. The van der Waals surface area contributed by atoms with E-state index in [-0.39, 0.29) is 0 Å². The van der Waals surface area contributed by atoms with E-state index < -0.39 is 17.5 Å². The average Bonchev–Trinajstić information content (AvgIpc) is 2.40. The molecule has 0 spiro atoms. The second-order valence-electron chi connectivity index (χ2n) is 4.66. The van der Waals surface area contributed by atoms with Crippen LogP contribution in [0.2, 0.25) is 0 Å². The number of hydrogen-bond donors (Lipinski definition) is 3. The van der Waals surface area contributed by atoms with Crippen LogP contribution in [0, 0.1) is 6.92 Å². The fourth-order valence-electron chi connectivity index (χ4n) is 1.89. The summed E-state index contributed by atoms with van der Waals surface area (Å²) < 4.78 is 0.743. The van der Waals surface area contributed by atoms with Gasteiger partial charge < -0.3 is 15.7 Å². The van der Waals surface area contributed by atoms with Crippen molar-refractivity contribution in [3.05, 3.63) is 28.2 Å². The van der Waals surface area contributed by atoms with Crippen molar-refractivity contribution in [2.24, 2.45) is 0 Å². The van der Waals surface area contributed by atoms with Gasteiger partial charge >= 0.3 is 12.0 Å². The molecule has 0 saturated heterocycles. The summed E-state index contributed by atoms with van der Waals surface area (Å²) in [4.78, 5) is 23.3. The smallest absolute Gasteiger partial charge is 0.329 e. The lowest BCUT2D eigenvalue weighted by Crippen LogP contribution is -2.55. The molecule has 0 aliphatic rings. The predicted octanol–water partition coefficient (Wildman–Crippen LogP) is 3.52. The van der Waals surface area contributed by atoms with Crippen LogP contribution in [-0.4, -0.2) is 22.6 Å². The van der Waals surface area contributed by atoms with Gasteiger partial charge in [-0.1, -0.05) is 19.9 Å². The Balaban J connectivity index is 2.86. The number of carbonyl (C=O) groups is 2. The molecular weight excluding hydrogens is 324 g/mol. The molecule has 0 unspecified atom stereocenters. The normalized spacial score (nSPS) is 11.0. The largest absolute Gasteiger partial charge is 0.480 e.